The minimum atomic E-state index is -6.66. The van der Waals surface area contributed by atoms with E-state index in [1.165, 1.54) is 0 Å². The lowest BCUT2D eigenvalue weighted by molar-refractivity contribution is -0.348. The Bertz CT molecular complexity index is 595. The molecular formula is C11H3BrF12. The predicted octanol–water partition coefficient (Wildman–Crippen LogP) is 6.39. The van der Waals surface area contributed by atoms with Gasteiger partial charge in [0, 0.05) is 15.6 Å². The highest BCUT2D eigenvalue weighted by atomic mass is 79.9. The average molecular weight is 443 g/mol. The summed E-state index contributed by atoms with van der Waals surface area (Å²) in [5, 5.41) is 0. The van der Waals surface area contributed by atoms with Crippen LogP contribution in [0.1, 0.15) is 11.1 Å². The molecule has 0 unspecified atom stereocenters. The van der Waals surface area contributed by atoms with Gasteiger partial charge in [-0.2, -0.15) is 48.3 Å². The summed E-state index contributed by atoms with van der Waals surface area (Å²) < 4.78 is 151. The number of rotatable bonds is 2. The molecule has 0 bridgehead atoms. The van der Waals surface area contributed by atoms with E-state index < -0.39 is 51.8 Å². The van der Waals surface area contributed by atoms with Gasteiger partial charge in [-0.05, 0) is 18.2 Å². The van der Waals surface area contributed by atoms with E-state index in [4.69, 9.17) is 0 Å². The molecular weight excluding hydrogens is 440 g/mol. The molecule has 0 saturated carbocycles. The molecule has 0 aromatic heterocycles. The average Bonchev–Trinajstić information content (AvgIpc) is 2.32. The van der Waals surface area contributed by atoms with E-state index in [1.54, 1.807) is 0 Å². The zero-order valence-corrected chi connectivity index (χ0v) is 12.2. The van der Waals surface area contributed by atoms with Crippen LogP contribution in [-0.4, -0.2) is 18.5 Å². The van der Waals surface area contributed by atoms with Crippen LogP contribution in [0, 0.1) is 0 Å². The second-order valence-electron chi connectivity index (χ2n) is 4.45. The number of alkyl halides is 12. The molecule has 0 spiro atoms. The van der Waals surface area contributed by atoms with Gasteiger partial charge in [-0.3, -0.25) is 0 Å². The summed E-state index contributed by atoms with van der Waals surface area (Å²) in [6.45, 7) is 0. The van der Waals surface area contributed by atoms with Gasteiger partial charge in [0.25, 0.3) is 0 Å². The summed E-state index contributed by atoms with van der Waals surface area (Å²) in [5.74, 6) is -5.80. The van der Waals surface area contributed by atoms with Crippen molar-refractivity contribution in [3.8, 4) is 0 Å². The summed E-state index contributed by atoms with van der Waals surface area (Å²) >= 11 is 2.20. The predicted molar refractivity (Wildman–Crippen MR) is 59.0 cm³/mol. The molecule has 0 nitrogen and oxygen atoms in total. The van der Waals surface area contributed by atoms with Crippen LogP contribution in [0.2, 0.25) is 0 Å². The van der Waals surface area contributed by atoms with E-state index in [1.807, 2.05) is 0 Å². The van der Waals surface area contributed by atoms with Crippen LogP contribution in [0.4, 0.5) is 52.7 Å². The third kappa shape index (κ3) is 3.31. The van der Waals surface area contributed by atoms with E-state index in [9.17, 15) is 52.7 Å². The minimum absolute atomic E-state index is 0.0653. The zero-order valence-electron chi connectivity index (χ0n) is 10.6. The molecule has 138 valence electrons. The summed E-state index contributed by atoms with van der Waals surface area (Å²) in [6, 6.07) is -1.07. The number of hydrogen-bond acceptors (Lipinski definition) is 0. The minimum Gasteiger partial charge on any atom is -0.218 e. The van der Waals surface area contributed by atoms with Crippen molar-refractivity contribution in [2.24, 2.45) is 0 Å². The topological polar surface area (TPSA) is 0 Å². The van der Waals surface area contributed by atoms with Crippen LogP contribution in [0.25, 0.3) is 0 Å². The first-order valence-electron chi connectivity index (χ1n) is 5.44. The van der Waals surface area contributed by atoms with Gasteiger partial charge in [-0.25, -0.2) is 4.39 Å². The van der Waals surface area contributed by atoms with Crippen LogP contribution in [-0.2, 0) is 11.6 Å². The van der Waals surface area contributed by atoms with Gasteiger partial charge in [-0.1, -0.05) is 15.9 Å². The maximum atomic E-state index is 13.8. The molecule has 0 heterocycles. The fourth-order valence-corrected chi connectivity index (χ4v) is 2.11. The lowest BCUT2D eigenvalue weighted by atomic mass is 9.91. The van der Waals surface area contributed by atoms with Gasteiger partial charge in [0.15, 0.2) is 0 Å². The fraction of sp³-hybridized carbons (Fsp3) is 0.455. The van der Waals surface area contributed by atoms with E-state index in [-0.39, 0.29) is 12.1 Å². The Morgan fingerprint density at radius 1 is 0.542 bits per heavy atom. The van der Waals surface area contributed by atoms with Gasteiger partial charge in [0.05, 0.1) is 0 Å². The van der Waals surface area contributed by atoms with Crippen LogP contribution in [0.15, 0.2) is 22.7 Å². The second-order valence-corrected chi connectivity index (χ2v) is 5.37. The van der Waals surface area contributed by atoms with Crippen LogP contribution in [0.3, 0.4) is 0 Å². The molecule has 0 aliphatic heterocycles. The first-order valence-corrected chi connectivity index (χ1v) is 6.23. The molecule has 0 aliphatic carbocycles. The number of benzene rings is 1. The molecule has 0 amide bonds. The molecule has 1 rings (SSSR count). The van der Waals surface area contributed by atoms with Gasteiger partial charge in [-0.15, -0.1) is 0 Å². The first-order chi connectivity index (χ1) is 10.4. The van der Waals surface area contributed by atoms with Crippen molar-refractivity contribution in [3.63, 3.8) is 0 Å². The molecule has 1 aromatic carbocycles. The Labute approximate surface area is 133 Å². The van der Waals surface area contributed by atoms with E-state index >= 15 is 0 Å². The van der Waals surface area contributed by atoms with E-state index in [2.05, 4.69) is 15.9 Å². The first kappa shape index (κ1) is 20.9. The molecule has 0 radical (unpaired) electrons. The van der Waals surface area contributed by atoms with Gasteiger partial charge < -0.3 is 0 Å². The molecule has 24 heavy (non-hydrogen) atoms. The van der Waals surface area contributed by atoms with Crippen molar-refractivity contribution in [2.45, 2.75) is 30.1 Å². The Morgan fingerprint density at radius 3 is 1.25 bits per heavy atom. The van der Waals surface area contributed by atoms with Gasteiger partial charge >= 0.3 is 30.1 Å². The number of halogens is 13. The van der Waals surface area contributed by atoms with E-state index in [0.29, 0.717) is 0 Å². The monoisotopic (exact) mass is 442 g/mol. The highest BCUT2D eigenvalue weighted by molar-refractivity contribution is 9.10. The molecule has 1 aromatic rings. The van der Waals surface area contributed by atoms with Gasteiger partial charge in [0.2, 0.25) is 0 Å². The summed E-state index contributed by atoms with van der Waals surface area (Å²) in [5.41, 5.74) is -10.9. The lowest BCUT2D eigenvalue weighted by Gasteiger charge is -2.31. The Morgan fingerprint density at radius 2 is 0.917 bits per heavy atom. The van der Waals surface area contributed by atoms with Gasteiger partial charge in [0.1, 0.15) is 0 Å². The molecule has 0 aliphatic rings. The second kappa shape index (κ2) is 5.70. The van der Waals surface area contributed by atoms with Crippen molar-refractivity contribution >= 4 is 15.9 Å². The molecule has 0 atom stereocenters. The van der Waals surface area contributed by atoms with Crippen molar-refractivity contribution in [1.82, 2.24) is 0 Å². The maximum Gasteiger partial charge on any atom is 0.458 e. The van der Waals surface area contributed by atoms with Crippen molar-refractivity contribution in [3.05, 3.63) is 33.8 Å². The summed E-state index contributed by atoms with van der Waals surface area (Å²) in [4.78, 5) is 0. The normalized spacial score (nSPS) is 14.9. The maximum absolute atomic E-state index is 13.8. The van der Waals surface area contributed by atoms with E-state index in [0.717, 1.165) is 0 Å². The van der Waals surface area contributed by atoms with Crippen LogP contribution >= 0.6 is 15.9 Å². The van der Waals surface area contributed by atoms with Crippen LogP contribution in [0.5, 0.6) is 0 Å². The Kier molecular flexibility index (Phi) is 4.96. The van der Waals surface area contributed by atoms with Crippen molar-refractivity contribution in [2.75, 3.05) is 0 Å². The van der Waals surface area contributed by atoms with Crippen molar-refractivity contribution in [1.29, 1.82) is 0 Å². The molecule has 13 heteroatoms. The molecule has 0 N–H and O–H groups in total. The van der Waals surface area contributed by atoms with Crippen molar-refractivity contribution < 1.29 is 52.7 Å². The molecule has 0 fully saturated rings. The lowest BCUT2D eigenvalue weighted by Crippen LogP contribution is -2.50. The number of hydrogen-bond donors (Lipinski definition) is 0. The summed E-state index contributed by atoms with van der Waals surface area (Å²) in [6.07, 6.45) is -19.6. The molecule has 0 saturated heterocycles. The fourth-order valence-electron chi connectivity index (χ4n) is 1.62. The SMILES string of the molecule is FC(F)(F)C(F)(F)c1cc(Br)cc(C(F)(C(F)(F)F)C(F)(F)F)c1. The Hall–Kier alpha value is -1.14. The quantitative estimate of drug-likeness (QED) is 0.465. The Balaban J connectivity index is 3.74. The highest BCUT2D eigenvalue weighted by Crippen LogP contribution is 2.54. The smallest absolute Gasteiger partial charge is 0.218 e. The third-order valence-electron chi connectivity index (χ3n) is 2.80. The zero-order chi connectivity index (χ0) is 19.4. The summed E-state index contributed by atoms with van der Waals surface area (Å²) in [7, 11) is 0. The van der Waals surface area contributed by atoms with Crippen LogP contribution < -0.4 is 0 Å². The largest absolute Gasteiger partial charge is 0.458 e. The third-order valence-corrected chi connectivity index (χ3v) is 3.25. The highest BCUT2D eigenvalue weighted by Gasteiger charge is 2.74. The standard InChI is InChI=1S/C11H3BrF12/c12-6-2-4(7(13,9(16,17)18)10(19,20)21)1-5(3-6)8(14,15)11(22,23)24/h1-3H.